The molecule has 1 fully saturated rings. The van der Waals surface area contributed by atoms with E-state index in [1.807, 2.05) is 12.1 Å². The average Bonchev–Trinajstić information content (AvgIpc) is 2.72. The Bertz CT molecular complexity index is 435. The largest absolute Gasteiger partial charge is 0.494 e. The minimum atomic E-state index is -0.178. The van der Waals surface area contributed by atoms with Gasteiger partial charge in [-0.05, 0) is 49.8 Å². The summed E-state index contributed by atoms with van der Waals surface area (Å²) in [5.74, 6) is 0.757. The van der Waals surface area contributed by atoms with Crippen molar-refractivity contribution in [2.45, 2.75) is 57.9 Å². The minimum absolute atomic E-state index is 0.178. The Kier molecular flexibility index (Phi) is 6.50. The number of hydrogen-bond donors (Lipinski definition) is 1. The van der Waals surface area contributed by atoms with Gasteiger partial charge in [-0.25, -0.2) is 4.39 Å². The standard InChI is InChI=1S/C18H28FNO/c1-3-11-20-16-9-5-4-7-14(13-16)12-15-8-6-10-17(21-2)18(15)19/h6,8,10,14,16,20H,3-5,7,9,11-13H2,1-2H3. The third kappa shape index (κ3) is 4.70. The molecule has 1 aliphatic rings. The van der Waals surface area contributed by atoms with Crippen molar-refractivity contribution < 1.29 is 9.13 Å². The van der Waals surface area contributed by atoms with Crippen LogP contribution in [0.4, 0.5) is 4.39 Å². The summed E-state index contributed by atoms with van der Waals surface area (Å²) in [6, 6.07) is 6.08. The van der Waals surface area contributed by atoms with Gasteiger partial charge in [0.25, 0.3) is 0 Å². The SMILES string of the molecule is CCCNC1CCCCC(Cc2cccc(OC)c2F)C1. The smallest absolute Gasteiger partial charge is 0.168 e. The fourth-order valence-corrected chi connectivity index (χ4v) is 3.36. The summed E-state index contributed by atoms with van der Waals surface area (Å²) in [5, 5.41) is 3.65. The third-order valence-corrected chi connectivity index (χ3v) is 4.49. The van der Waals surface area contributed by atoms with E-state index < -0.39 is 0 Å². The van der Waals surface area contributed by atoms with Crippen molar-refractivity contribution in [3.8, 4) is 5.75 Å². The van der Waals surface area contributed by atoms with Crippen molar-refractivity contribution in [3.05, 3.63) is 29.6 Å². The first-order valence-corrected chi connectivity index (χ1v) is 8.29. The topological polar surface area (TPSA) is 21.3 Å². The van der Waals surface area contributed by atoms with Crippen LogP contribution < -0.4 is 10.1 Å². The summed E-state index contributed by atoms with van der Waals surface area (Å²) in [6.07, 6.45) is 8.19. The number of methoxy groups -OCH3 is 1. The van der Waals surface area contributed by atoms with Gasteiger partial charge in [-0.3, -0.25) is 0 Å². The van der Waals surface area contributed by atoms with Crippen molar-refractivity contribution in [1.29, 1.82) is 0 Å². The lowest BCUT2D eigenvalue weighted by atomic mass is 9.90. The maximum Gasteiger partial charge on any atom is 0.168 e. The predicted molar refractivity (Wildman–Crippen MR) is 85.3 cm³/mol. The highest BCUT2D eigenvalue weighted by molar-refractivity contribution is 5.31. The quantitative estimate of drug-likeness (QED) is 0.788. The van der Waals surface area contributed by atoms with Gasteiger partial charge in [0.2, 0.25) is 0 Å². The first-order valence-electron chi connectivity index (χ1n) is 8.29. The van der Waals surface area contributed by atoms with E-state index in [2.05, 4.69) is 12.2 Å². The van der Waals surface area contributed by atoms with E-state index in [-0.39, 0.29) is 5.82 Å². The number of benzene rings is 1. The second-order valence-corrected chi connectivity index (χ2v) is 6.17. The first kappa shape index (κ1) is 16.3. The van der Waals surface area contributed by atoms with Crippen molar-refractivity contribution in [3.63, 3.8) is 0 Å². The maximum absolute atomic E-state index is 14.3. The Hall–Kier alpha value is -1.09. The minimum Gasteiger partial charge on any atom is -0.494 e. The molecule has 0 amide bonds. The van der Waals surface area contributed by atoms with Gasteiger partial charge in [0.1, 0.15) is 0 Å². The van der Waals surface area contributed by atoms with Crippen LogP contribution in [0, 0.1) is 11.7 Å². The summed E-state index contributed by atoms with van der Waals surface area (Å²) in [5.41, 5.74) is 0.801. The Morgan fingerprint density at radius 1 is 1.29 bits per heavy atom. The number of rotatable bonds is 6. The molecular formula is C18H28FNO. The molecule has 3 heteroatoms. The molecular weight excluding hydrogens is 265 g/mol. The fraction of sp³-hybridized carbons (Fsp3) is 0.667. The second-order valence-electron chi connectivity index (χ2n) is 6.17. The van der Waals surface area contributed by atoms with Crippen LogP contribution in [0.1, 0.15) is 51.0 Å². The monoisotopic (exact) mass is 293 g/mol. The van der Waals surface area contributed by atoms with Crippen LogP contribution in [0.25, 0.3) is 0 Å². The molecule has 0 radical (unpaired) electrons. The van der Waals surface area contributed by atoms with E-state index in [0.29, 0.717) is 17.7 Å². The van der Waals surface area contributed by atoms with Gasteiger partial charge in [-0.2, -0.15) is 0 Å². The Morgan fingerprint density at radius 2 is 2.10 bits per heavy atom. The van der Waals surface area contributed by atoms with E-state index in [1.54, 1.807) is 6.07 Å². The molecule has 2 atom stereocenters. The molecule has 0 bridgehead atoms. The Balaban J connectivity index is 2.00. The number of nitrogens with one attached hydrogen (secondary N) is 1. The van der Waals surface area contributed by atoms with E-state index >= 15 is 0 Å². The normalized spacial score (nSPS) is 22.8. The zero-order chi connectivity index (χ0) is 15.1. The summed E-state index contributed by atoms with van der Waals surface area (Å²) < 4.78 is 19.4. The van der Waals surface area contributed by atoms with Crippen LogP contribution in [0.15, 0.2) is 18.2 Å². The van der Waals surface area contributed by atoms with Gasteiger partial charge in [-0.15, -0.1) is 0 Å². The van der Waals surface area contributed by atoms with Crippen molar-refractivity contribution in [2.24, 2.45) is 5.92 Å². The molecule has 2 unspecified atom stereocenters. The molecule has 1 aromatic rings. The van der Waals surface area contributed by atoms with E-state index in [9.17, 15) is 4.39 Å². The average molecular weight is 293 g/mol. The summed E-state index contributed by atoms with van der Waals surface area (Å²) in [4.78, 5) is 0. The highest BCUT2D eigenvalue weighted by Crippen LogP contribution is 2.29. The zero-order valence-corrected chi connectivity index (χ0v) is 13.3. The second kappa shape index (κ2) is 8.38. The van der Waals surface area contributed by atoms with Crippen LogP contribution in [0.2, 0.25) is 0 Å². The molecule has 118 valence electrons. The van der Waals surface area contributed by atoms with Crippen molar-refractivity contribution in [2.75, 3.05) is 13.7 Å². The van der Waals surface area contributed by atoms with E-state index in [4.69, 9.17) is 4.74 Å². The Labute approximate surface area is 128 Å². The molecule has 1 aliphatic carbocycles. The van der Waals surface area contributed by atoms with Gasteiger partial charge in [0, 0.05) is 6.04 Å². The summed E-state index contributed by atoms with van der Waals surface area (Å²) in [7, 11) is 1.53. The fourth-order valence-electron chi connectivity index (χ4n) is 3.36. The molecule has 0 aromatic heterocycles. The summed E-state index contributed by atoms with van der Waals surface area (Å²) in [6.45, 7) is 3.29. The van der Waals surface area contributed by atoms with Gasteiger partial charge in [0.15, 0.2) is 11.6 Å². The molecule has 0 spiro atoms. The van der Waals surface area contributed by atoms with Crippen molar-refractivity contribution >= 4 is 0 Å². The van der Waals surface area contributed by atoms with Crippen LogP contribution in [0.5, 0.6) is 5.75 Å². The molecule has 21 heavy (non-hydrogen) atoms. The number of halogens is 1. The molecule has 0 saturated heterocycles. The van der Waals surface area contributed by atoms with Gasteiger partial charge in [-0.1, -0.05) is 38.3 Å². The van der Waals surface area contributed by atoms with Gasteiger partial charge < -0.3 is 10.1 Å². The molecule has 2 rings (SSSR count). The van der Waals surface area contributed by atoms with Crippen LogP contribution in [0.3, 0.4) is 0 Å². The highest BCUT2D eigenvalue weighted by Gasteiger charge is 2.21. The molecule has 1 saturated carbocycles. The Morgan fingerprint density at radius 3 is 2.86 bits per heavy atom. The maximum atomic E-state index is 14.3. The molecule has 0 heterocycles. The van der Waals surface area contributed by atoms with Crippen LogP contribution in [-0.4, -0.2) is 19.7 Å². The molecule has 1 N–H and O–H groups in total. The lowest BCUT2D eigenvalue weighted by molar-refractivity contribution is 0.367. The third-order valence-electron chi connectivity index (χ3n) is 4.49. The molecule has 2 nitrogen and oxygen atoms in total. The number of ether oxygens (including phenoxy) is 1. The lowest BCUT2D eigenvalue weighted by Gasteiger charge is -2.21. The van der Waals surface area contributed by atoms with E-state index in [0.717, 1.165) is 24.9 Å². The zero-order valence-electron chi connectivity index (χ0n) is 13.3. The predicted octanol–water partition coefficient (Wildman–Crippen LogP) is 4.33. The highest BCUT2D eigenvalue weighted by atomic mass is 19.1. The van der Waals surface area contributed by atoms with Crippen molar-refractivity contribution in [1.82, 2.24) is 5.32 Å². The first-order chi connectivity index (χ1) is 10.2. The van der Waals surface area contributed by atoms with Gasteiger partial charge >= 0.3 is 0 Å². The van der Waals surface area contributed by atoms with Gasteiger partial charge in [0.05, 0.1) is 7.11 Å². The molecule has 1 aromatic carbocycles. The van der Waals surface area contributed by atoms with E-state index in [1.165, 1.54) is 39.2 Å². The van der Waals surface area contributed by atoms with Crippen LogP contribution >= 0.6 is 0 Å². The molecule has 0 aliphatic heterocycles. The van der Waals surface area contributed by atoms with Crippen LogP contribution in [-0.2, 0) is 6.42 Å². The summed E-state index contributed by atoms with van der Waals surface area (Å²) >= 11 is 0. The number of hydrogen-bond acceptors (Lipinski definition) is 2. The lowest BCUT2D eigenvalue weighted by Crippen LogP contribution is -2.31.